The van der Waals surface area contributed by atoms with Crippen LogP contribution in [0, 0.1) is 0 Å². The molecule has 0 unspecified atom stereocenters. The van der Waals surface area contributed by atoms with Gasteiger partial charge in [-0.25, -0.2) is 16.8 Å². The van der Waals surface area contributed by atoms with Gasteiger partial charge in [-0.2, -0.15) is 0 Å². The molecule has 0 spiro atoms. The Bertz CT molecular complexity index is 1030. The Morgan fingerprint density at radius 1 is 1.04 bits per heavy atom. The fourth-order valence-electron chi connectivity index (χ4n) is 3.38. The van der Waals surface area contributed by atoms with Crippen LogP contribution in [-0.4, -0.2) is 39.6 Å². The molecule has 0 aliphatic carbocycles. The van der Waals surface area contributed by atoms with E-state index < -0.39 is 31.0 Å². The summed E-state index contributed by atoms with van der Waals surface area (Å²) in [6.07, 6.45) is 0. The molecule has 2 aromatic carbocycles. The second-order valence-electron chi connectivity index (χ2n) is 7.50. The van der Waals surface area contributed by atoms with Crippen LogP contribution >= 0.6 is 11.6 Å². The first-order chi connectivity index (χ1) is 13.1. The standard InChI is InChI=1S/C20H24ClNO4S2/c1-14(2)16-5-9-18(10-6-16)28(25,26)20-13-27(23,24)12-19(20)22-11-15-3-7-17(21)8-4-15/h3-10,14,19-20,22H,11-13H2,1-2H3/t19-,20-/m0/s1. The van der Waals surface area contributed by atoms with Crippen LogP contribution in [0.15, 0.2) is 53.4 Å². The molecule has 0 aromatic heterocycles. The van der Waals surface area contributed by atoms with Crippen LogP contribution < -0.4 is 5.32 Å². The van der Waals surface area contributed by atoms with E-state index in [4.69, 9.17) is 11.6 Å². The van der Waals surface area contributed by atoms with Gasteiger partial charge in [0.1, 0.15) is 0 Å². The van der Waals surface area contributed by atoms with Crippen LogP contribution in [0.4, 0.5) is 0 Å². The smallest absolute Gasteiger partial charge is 0.183 e. The fourth-order valence-corrected chi connectivity index (χ4v) is 8.22. The quantitative estimate of drug-likeness (QED) is 0.744. The van der Waals surface area contributed by atoms with Crippen molar-refractivity contribution in [1.82, 2.24) is 5.32 Å². The summed E-state index contributed by atoms with van der Waals surface area (Å²) in [6.45, 7) is 4.43. The summed E-state index contributed by atoms with van der Waals surface area (Å²) in [7, 11) is -7.21. The fraction of sp³-hybridized carbons (Fsp3) is 0.400. The van der Waals surface area contributed by atoms with Gasteiger partial charge in [-0.3, -0.25) is 0 Å². The van der Waals surface area contributed by atoms with Crippen LogP contribution in [0.3, 0.4) is 0 Å². The van der Waals surface area contributed by atoms with Crippen molar-refractivity contribution in [2.45, 2.75) is 42.5 Å². The highest BCUT2D eigenvalue weighted by Gasteiger charge is 2.45. The predicted octanol–water partition coefficient (Wildman–Crippen LogP) is 3.19. The highest BCUT2D eigenvalue weighted by Crippen LogP contribution is 2.27. The first kappa shape index (κ1) is 21.3. The van der Waals surface area contributed by atoms with Crippen LogP contribution in [0.2, 0.25) is 5.02 Å². The van der Waals surface area contributed by atoms with Gasteiger partial charge < -0.3 is 5.32 Å². The van der Waals surface area contributed by atoms with E-state index in [0.29, 0.717) is 11.6 Å². The predicted molar refractivity (Wildman–Crippen MR) is 112 cm³/mol. The minimum atomic E-state index is -3.78. The third-order valence-corrected chi connectivity index (χ3v) is 9.47. The molecule has 1 fully saturated rings. The van der Waals surface area contributed by atoms with Crippen molar-refractivity contribution in [3.8, 4) is 0 Å². The van der Waals surface area contributed by atoms with Gasteiger partial charge >= 0.3 is 0 Å². The van der Waals surface area contributed by atoms with Crippen molar-refractivity contribution >= 4 is 31.3 Å². The first-order valence-corrected chi connectivity index (χ1v) is 12.9. The Balaban J connectivity index is 1.83. The molecule has 0 amide bonds. The molecule has 1 heterocycles. The van der Waals surface area contributed by atoms with E-state index in [2.05, 4.69) is 5.32 Å². The molecule has 0 saturated carbocycles. The zero-order valence-corrected chi connectivity index (χ0v) is 18.2. The molecule has 1 saturated heterocycles. The molecule has 5 nitrogen and oxygen atoms in total. The molecule has 1 aliphatic heterocycles. The number of halogens is 1. The van der Waals surface area contributed by atoms with E-state index in [0.717, 1.165) is 11.1 Å². The molecule has 28 heavy (non-hydrogen) atoms. The summed E-state index contributed by atoms with van der Waals surface area (Å²) >= 11 is 5.88. The Morgan fingerprint density at radius 3 is 2.21 bits per heavy atom. The van der Waals surface area contributed by atoms with Gasteiger partial charge in [0, 0.05) is 17.6 Å². The minimum absolute atomic E-state index is 0.164. The Hall–Kier alpha value is -1.41. The number of hydrogen-bond donors (Lipinski definition) is 1. The lowest BCUT2D eigenvalue weighted by molar-refractivity contribution is 0.526. The largest absolute Gasteiger partial charge is 0.308 e. The SMILES string of the molecule is CC(C)c1ccc(S(=O)(=O)[C@H]2CS(=O)(=O)C[C@@H]2NCc2ccc(Cl)cc2)cc1. The van der Waals surface area contributed by atoms with Crippen molar-refractivity contribution < 1.29 is 16.8 Å². The van der Waals surface area contributed by atoms with E-state index in [1.807, 2.05) is 26.0 Å². The Kier molecular flexibility index (Phi) is 6.20. The Morgan fingerprint density at radius 2 is 1.64 bits per heavy atom. The molecule has 1 aliphatic rings. The molecule has 0 bridgehead atoms. The monoisotopic (exact) mass is 441 g/mol. The molecule has 8 heteroatoms. The zero-order chi connectivity index (χ0) is 20.5. The lowest BCUT2D eigenvalue weighted by atomic mass is 10.0. The summed E-state index contributed by atoms with van der Waals surface area (Å²) in [5.41, 5.74) is 1.95. The normalized spacial score (nSPS) is 21.9. The second-order valence-corrected chi connectivity index (χ2v) is 12.3. The third-order valence-electron chi connectivity index (χ3n) is 5.06. The highest BCUT2D eigenvalue weighted by molar-refractivity contribution is 7.96. The number of sulfone groups is 2. The summed E-state index contributed by atoms with van der Waals surface area (Å²) in [6, 6.07) is 13.2. The van der Waals surface area contributed by atoms with Gasteiger partial charge in [0.05, 0.1) is 21.7 Å². The van der Waals surface area contributed by atoms with Gasteiger partial charge in [0.25, 0.3) is 0 Å². The van der Waals surface area contributed by atoms with Crippen LogP contribution in [0.25, 0.3) is 0 Å². The number of nitrogens with one attached hydrogen (secondary N) is 1. The Labute approximate surface area is 172 Å². The van der Waals surface area contributed by atoms with Crippen LogP contribution in [0.1, 0.15) is 30.9 Å². The van der Waals surface area contributed by atoms with E-state index in [1.54, 1.807) is 36.4 Å². The van der Waals surface area contributed by atoms with Gasteiger partial charge in [0.15, 0.2) is 19.7 Å². The van der Waals surface area contributed by atoms with Crippen molar-refractivity contribution in [3.05, 3.63) is 64.7 Å². The molecule has 1 N–H and O–H groups in total. The van der Waals surface area contributed by atoms with Crippen LogP contribution in [-0.2, 0) is 26.2 Å². The van der Waals surface area contributed by atoms with Crippen molar-refractivity contribution in [2.75, 3.05) is 11.5 Å². The van der Waals surface area contributed by atoms with E-state index >= 15 is 0 Å². The molecule has 152 valence electrons. The number of benzene rings is 2. The molecule has 2 atom stereocenters. The minimum Gasteiger partial charge on any atom is -0.308 e. The van der Waals surface area contributed by atoms with E-state index in [1.165, 1.54) is 0 Å². The van der Waals surface area contributed by atoms with Crippen molar-refractivity contribution in [1.29, 1.82) is 0 Å². The molecular weight excluding hydrogens is 418 g/mol. The maximum Gasteiger partial charge on any atom is 0.183 e. The lowest BCUT2D eigenvalue weighted by Crippen LogP contribution is -2.43. The second kappa shape index (κ2) is 8.14. The average Bonchev–Trinajstić information content (AvgIpc) is 2.97. The maximum atomic E-state index is 13.1. The van der Waals surface area contributed by atoms with Gasteiger partial charge in [-0.1, -0.05) is 49.7 Å². The zero-order valence-electron chi connectivity index (χ0n) is 15.8. The third kappa shape index (κ3) is 4.76. The van der Waals surface area contributed by atoms with Crippen molar-refractivity contribution in [2.24, 2.45) is 0 Å². The molecule has 0 radical (unpaired) electrons. The highest BCUT2D eigenvalue weighted by atomic mass is 35.5. The summed E-state index contributed by atoms with van der Waals surface area (Å²) in [5.74, 6) is -0.258. The summed E-state index contributed by atoms with van der Waals surface area (Å²) in [5, 5.41) is 2.73. The van der Waals surface area contributed by atoms with E-state index in [9.17, 15) is 16.8 Å². The topological polar surface area (TPSA) is 80.3 Å². The summed E-state index contributed by atoms with van der Waals surface area (Å²) in [4.78, 5) is 0.164. The van der Waals surface area contributed by atoms with Crippen LogP contribution in [0.5, 0.6) is 0 Å². The molecule has 3 rings (SSSR count). The van der Waals surface area contributed by atoms with Gasteiger partial charge in [-0.05, 0) is 41.3 Å². The molecular formula is C20H24ClNO4S2. The number of hydrogen-bond acceptors (Lipinski definition) is 5. The average molecular weight is 442 g/mol. The first-order valence-electron chi connectivity index (χ1n) is 9.10. The maximum absolute atomic E-state index is 13.1. The summed E-state index contributed by atoms with van der Waals surface area (Å²) < 4.78 is 50.7. The van der Waals surface area contributed by atoms with Gasteiger partial charge in [-0.15, -0.1) is 0 Å². The van der Waals surface area contributed by atoms with E-state index in [-0.39, 0.29) is 22.3 Å². The molecule has 2 aromatic rings. The lowest BCUT2D eigenvalue weighted by Gasteiger charge is -2.20. The number of rotatable bonds is 6. The van der Waals surface area contributed by atoms with Crippen molar-refractivity contribution in [3.63, 3.8) is 0 Å². The van der Waals surface area contributed by atoms with Gasteiger partial charge in [0.2, 0.25) is 0 Å².